The molecule has 5 rings (SSSR count). The maximum atomic E-state index is 12.5. The first-order chi connectivity index (χ1) is 17.6. The number of aromatic nitrogens is 6. The molecule has 0 aliphatic heterocycles. The predicted molar refractivity (Wildman–Crippen MR) is 132 cm³/mol. The van der Waals surface area contributed by atoms with E-state index in [1.165, 1.54) is 4.80 Å². The number of nitrogens with one attached hydrogen (secondary N) is 2. The molecule has 3 aromatic carbocycles. The fraction of sp³-hybridized carbons (Fsp3) is 0.0769. The SMILES string of the molecule is Cc1cc(C(=O)NNC(=O)c2ccc(Cn3nnc(-c4ccccc4)n3)cc2)nn1-c1ccccc1. The molecule has 0 unspecified atom stereocenters. The molecule has 36 heavy (non-hydrogen) atoms. The smallest absolute Gasteiger partial charge is 0.267 e. The highest BCUT2D eigenvalue weighted by Crippen LogP contribution is 2.13. The first kappa shape index (κ1) is 22.7. The summed E-state index contributed by atoms with van der Waals surface area (Å²) >= 11 is 0. The number of carbonyl (C=O) groups excluding carboxylic acids is 2. The summed E-state index contributed by atoms with van der Waals surface area (Å²) in [5.74, 6) is -0.408. The molecule has 0 spiro atoms. The van der Waals surface area contributed by atoms with Gasteiger partial charge in [-0.05, 0) is 48.0 Å². The number of tetrazole rings is 1. The highest BCUT2D eigenvalue weighted by Gasteiger charge is 2.15. The summed E-state index contributed by atoms with van der Waals surface area (Å²) in [5, 5.41) is 16.9. The number of aryl methyl sites for hydroxylation is 1. The van der Waals surface area contributed by atoms with Gasteiger partial charge in [-0.1, -0.05) is 60.7 Å². The number of nitrogens with zero attached hydrogens (tertiary/aromatic N) is 6. The van der Waals surface area contributed by atoms with Crippen LogP contribution in [0.25, 0.3) is 17.1 Å². The zero-order valence-corrected chi connectivity index (χ0v) is 19.4. The van der Waals surface area contributed by atoms with Crippen molar-refractivity contribution in [3.63, 3.8) is 0 Å². The van der Waals surface area contributed by atoms with Crippen LogP contribution in [0.2, 0.25) is 0 Å². The lowest BCUT2D eigenvalue weighted by atomic mass is 10.1. The highest BCUT2D eigenvalue weighted by molar-refractivity contribution is 5.98. The fourth-order valence-corrected chi connectivity index (χ4v) is 3.60. The molecule has 0 atom stereocenters. The normalized spacial score (nSPS) is 10.7. The average Bonchev–Trinajstić information content (AvgIpc) is 3.55. The van der Waals surface area contributed by atoms with Crippen molar-refractivity contribution in [3.8, 4) is 17.1 Å². The number of hydrazine groups is 1. The number of carbonyl (C=O) groups is 2. The van der Waals surface area contributed by atoms with Gasteiger partial charge in [-0.15, -0.1) is 10.2 Å². The van der Waals surface area contributed by atoms with E-state index in [1.807, 2.05) is 67.6 Å². The van der Waals surface area contributed by atoms with Crippen LogP contribution in [0.3, 0.4) is 0 Å². The van der Waals surface area contributed by atoms with E-state index in [-0.39, 0.29) is 5.69 Å². The summed E-state index contributed by atoms with van der Waals surface area (Å²) in [6.07, 6.45) is 0. The van der Waals surface area contributed by atoms with Gasteiger partial charge in [0.05, 0.1) is 12.2 Å². The third-order valence-corrected chi connectivity index (χ3v) is 5.44. The Kier molecular flexibility index (Phi) is 6.31. The monoisotopic (exact) mass is 478 g/mol. The van der Waals surface area contributed by atoms with Crippen molar-refractivity contribution in [2.24, 2.45) is 0 Å². The second-order valence-corrected chi connectivity index (χ2v) is 8.03. The van der Waals surface area contributed by atoms with E-state index in [4.69, 9.17) is 0 Å². The van der Waals surface area contributed by atoms with E-state index in [2.05, 4.69) is 31.4 Å². The molecule has 0 bridgehead atoms. The van der Waals surface area contributed by atoms with Gasteiger partial charge < -0.3 is 0 Å². The second kappa shape index (κ2) is 10.0. The van der Waals surface area contributed by atoms with Gasteiger partial charge in [-0.3, -0.25) is 20.4 Å². The minimum Gasteiger partial charge on any atom is -0.267 e. The fourth-order valence-electron chi connectivity index (χ4n) is 3.60. The quantitative estimate of drug-likeness (QED) is 0.362. The highest BCUT2D eigenvalue weighted by atomic mass is 16.2. The Morgan fingerprint density at radius 3 is 2.19 bits per heavy atom. The Labute approximate surface area is 206 Å². The lowest BCUT2D eigenvalue weighted by Gasteiger charge is -2.07. The minimum absolute atomic E-state index is 0.196. The van der Waals surface area contributed by atoms with Gasteiger partial charge >= 0.3 is 0 Å². The Hall–Kier alpha value is -5.12. The summed E-state index contributed by atoms with van der Waals surface area (Å²) in [6, 6.07) is 27.7. The van der Waals surface area contributed by atoms with Crippen LogP contribution in [-0.2, 0) is 6.54 Å². The molecule has 0 aliphatic rings. The van der Waals surface area contributed by atoms with E-state index in [9.17, 15) is 9.59 Å². The summed E-state index contributed by atoms with van der Waals surface area (Å²) in [6.45, 7) is 2.26. The van der Waals surface area contributed by atoms with Crippen molar-refractivity contribution < 1.29 is 9.59 Å². The molecule has 178 valence electrons. The molecule has 0 aliphatic carbocycles. The van der Waals surface area contributed by atoms with E-state index in [1.54, 1.807) is 35.0 Å². The zero-order chi connectivity index (χ0) is 24.9. The van der Waals surface area contributed by atoms with Crippen molar-refractivity contribution in [1.82, 2.24) is 40.8 Å². The van der Waals surface area contributed by atoms with E-state index in [0.29, 0.717) is 17.9 Å². The third-order valence-electron chi connectivity index (χ3n) is 5.44. The number of benzene rings is 3. The van der Waals surface area contributed by atoms with E-state index in [0.717, 1.165) is 22.5 Å². The zero-order valence-electron chi connectivity index (χ0n) is 19.4. The van der Waals surface area contributed by atoms with Crippen molar-refractivity contribution >= 4 is 11.8 Å². The Morgan fingerprint density at radius 2 is 1.47 bits per heavy atom. The van der Waals surface area contributed by atoms with Crippen LogP contribution >= 0.6 is 0 Å². The number of para-hydroxylation sites is 1. The average molecular weight is 479 g/mol. The van der Waals surface area contributed by atoms with Gasteiger partial charge in [0.25, 0.3) is 11.8 Å². The molecule has 0 radical (unpaired) electrons. The second-order valence-electron chi connectivity index (χ2n) is 8.03. The van der Waals surface area contributed by atoms with Gasteiger partial charge in [0, 0.05) is 16.8 Å². The molecule has 2 amide bonds. The first-order valence-electron chi connectivity index (χ1n) is 11.2. The number of amides is 2. The summed E-state index contributed by atoms with van der Waals surface area (Å²) in [5.41, 5.74) is 8.86. The van der Waals surface area contributed by atoms with Crippen LogP contribution in [0, 0.1) is 6.92 Å². The number of hydrogen-bond acceptors (Lipinski definition) is 6. The van der Waals surface area contributed by atoms with Crippen molar-refractivity contribution in [3.05, 3.63) is 114 Å². The molecule has 2 N–H and O–H groups in total. The Balaban J connectivity index is 1.17. The summed E-state index contributed by atoms with van der Waals surface area (Å²) < 4.78 is 1.67. The van der Waals surface area contributed by atoms with Crippen LogP contribution in [0.15, 0.2) is 91.0 Å². The van der Waals surface area contributed by atoms with Gasteiger partial charge in [0.15, 0.2) is 5.69 Å². The van der Waals surface area contributed by atoms with Gasteiger partial charge in [0.1, 0.15) is 0 Å². The molecule has 10 nitrogen and oxygen atoms in total. The van der Waals surface area contributed by atoms with Crippen LogP contribution in [-0.4, -0.2) is 41.8 Å². The van der Waals surface area contributed by atoms with E-state index >= 15 is 0 Å². The topological polar surface area (TPSA) is 120 Å². The molecule has 5 aromatic rings. The Bertz CT molecular complexity index is 1490. The molecule has 10 heteroatoms. The number of rotatable bonds is 6. The standard InChI is InChI=1S/C26H22N8O2/c1-18-16-23(30-34(18)22-10-6-3-7-11-22)26(36)29-28-25(35)21-14-12-19(13-15-21)17-33-31-24(27-32-33)20-8-4-2-5-9-20/h2-16H,17H2,1H3,(H,28,35)(H,29,36). The largest absolute Gasteiger partial charge is 0.290 e. The molecular weight excluding hydrogens is 456 g/mol. The van der Waals surface area contributed by atoms with Crippen molar-refractivity contribution in [2.45, 2.75) is 13.5 Å². The summed E-state index contributed by atoms with van der Waals surface area (Å²) in [7, 11) is 0. The van der Waals surface area contributed by atoms with Crippen LogP contribution in [0.4, 0.5) is 0 Å². The van der Waals surface area contributed by atoms with Crippen molar-refractivity contribution in [1.29, 1.82) is 0 Å². The van der Waals surface area contributed by atoms with Gasteiger partial charge in [-0.2, -0.15) is 9.90 Å². The van der Waals surface area contributed by atoms with Gasteiger partial charge in [-0.25, -0.2) is 4.68 Å². The maximum Gasteiger partial charge on any atom is 0.290 e. The lowest BCUT2D eigenvalue weighted by molar-refractivity contribution is 0.0843. The number of hydrogen-bond donors (Lipinski definition) is 2. The Morgan fingerprint density at radius 1 is 0.806 bits per heavy atom. The van der Waals surface area contributed by atoms with Crippen LogP contribution < -0.4 is 10.9 Å². The maximum absolute atomic E-state index is 12.5. The molecule has 2 heterocycles. The minimum atomic E-state index is -0.510. The molecule has 2 aromatic heterocycles. The van der Waals surface area contributed by atoms with Crippen LogP contribution in [0.5, 0.6) is 0 Å². The van der Waals surface area contributed by atoms with Crippen LogP contribution in [0.1, 0.15) is 32.1 Å². The summed E-state index contributed by atoms with van der Waals surface area (Å²) in [4.78, 5) is 26.5. The lowest BCUT2D eigenvalue weighted by Crippen LogP contribution is -2.41. The molecule has 0 saturated heterocycles. The van der Waals surface area contributed by atoms with Gasteiger partial charge in [0.2, 0.25) is 5.82 Å². The molecule has 0 fully saturated rings. The third kappa shape index (κ3) is 5.02. The van der Waals surface area contributed by atoms with Crippen molar-refractivity contribution in [2.75, 3.05) is 0 Å². The molecule has 0 saturated carbocycles. The predicted octanol–water partition coefficient (Wildman–Crippen LogP) is 2.96. The molecular formula is C26H22N8O2. The van der Waals surface area contributed by atoms with E-state index < -0.39 is 11.8 Å². The first-order valence-corrected chi connectivity index (χ1v) is 11.2.